The van der Waals surface area contributed by atoms with Gasteiger partial charge in [0, 0.05) is 36.4 Å². The van der Waals surface area contributed by atoms with E-state index in [-0.39, 0.29) is 18.4 Å². The average Bonchev–Trinajstić information content (AvgIpc) is 2.72. The number of anilines is 2. The Labute approximate surface area is 175 Å². The maximum absolute atomic E-state index is 12.6. The van der Waals surface area contributed by atoms with Crippen LogP contribution >= 0.6 is 0 Å². The summed E-state index contributed by atoms with van der Waals surface area (Å²) in [6.07, 6.45) is 4.24. The predicted molar refractivity (Wildman–Crippen MR) is 116 cm³/mol. The molecule has 30 heavy (non-hydrogen) atoms. The van der Waals surface area contributed by atoms with E-state index >= 15 is 0 Å². The minimum absolute atomic E-state index is 0.154. The third kappa shape index (κ3) is 5.15. The highest BCUT2D eigenvalue weighted by molar-refractivity contribution is 6.00. The van der Waals surface area contributed by atoms with Crippen molar-refractivity contribution in [2.75, 3.05) is 11.9 Å². The Hall–Kier alpha value is -3.39. The number of carbonyl (C=O) groups excluding carboxylic acids is 1. The fourth-order valence-electron chi connectivity index (χ4n) is 2.85. The van der Waals surface area contributed by atoms with E-state index < -0.39 is 6.10 Å². The summed E-state index contributed by atoms with van der Waals surface area (Å²) in [5, 5.41) is 15.4. The van der Waals surface area contributed by atoms with Crippen LogP contribution in [0.5, 0.6) is 0 Å². The third-order valence-electron chi connectivity index (χ3n) is 4.43. The molecule has 1 amide bonds. The quantitative estimate of drug-likeness (QED) is 0.552. The third-order valence-corrected chi connectivity index (χ3v) is 4.43. The number of nitrogens with one attached hydrogen (secondary N) is 2. The number of rotatable bonds is 7. The molecule has 0 saturated carbocycles. The van der Waals surface area contributed by atoms with Gasteiger partial charge >= 0.3 is 0 Å². The summed E-state index contributed by atoms with van der Waals surface area (Å²) in [6, 6.07) is 7.41. The zero-order chi connectivity index (χ0) is 21.7. The van der Waals surface area contributed by atoms with E-state index in [0.717, 1.165) is 11.3 Å². The van der Waals surface area contributed by atoms with Crippen molar-refractivity contribution in [2.45, 2.75) is 39.7 Å². The lowest BCUT2D eigenvalue weighted by molar-refractivity contribution is 0.0924. The van der Waals surface area contributed by atoms with Crippen LogP contribution in [0, 0.1) is 6.92 Å². The summed E-state index contributed by atoms with van der Waals surface area (Å²) >= 11 is 0. The number of aliphatic hydroxyl groups excluding tert-OH is 1. The van der Waals surface area contributed by atoms with Crippen LogP contribution in [0.3, 0.4) is 0 Å². The van der Waals surface area contributed by atoms with E-state index in [9.17, 15) is 9.90 Å². The number of nitrogens with zero attached hydrogens (tertiary/aromatic N) is 4. The predicted octanol–water partition coefficient (Wildman–Crippen LogP) is 3.22. The van der Waals surface area contributed by atoms with Crippen molar-refractivity contribution in [3.05, 3.63) is 59.7 Å². The van der Waals surface area contributed by atoms with Crippen LogP contribution in [0.15, 0.2) is 42.9 Å². The lowest BCUT2D eigenvalue weighted by Crippen LogP contribution is -2.31. The molecule has 0 spiro atoms. The monoisotopic (exact) mass is 406 g/mol. The Morgan fingerprint density at radius 3 is 2.63 bits per heavy atom. The van der Waals surface area contributed by atoms with Crippen LogP contribution < -0.4 is 10.6 Å². The number of hydrogen-bond acceptors (Lipinski definition) is 7. The molecule has 3 aromatic heterocycles. The standard InChI is InChI=1S/C22H26N6O2/c1-13(2)16-12-24-21(19-7-5-6-14(3)26-19)28-20(16)27-18-8-9-23-11-17(18)22(30)25-10-15(4)29/h5-9,11-13,15,29H,10H2,1-4H3,(H,25,30)(H,23,24,27,28)/t15-/m0/s1. The van der Waals surface area contributed by atoms with E-state index in [0.29, 0.717) is 28.6 Å². The number of amides is 1. The highest BCUT2D eigenvalue weighted by atomic mass is 16.3. The largest absolute Gasteiger partial charge is 0.392 e. The van der Waals surface area contributed by atoms with Crippen molar-refractivity contribution in [1.82, 2.24) is 25.3 Å². The summed E-state index contributed by atoms with van der Waals surface area (Å²) in [5.74, 6) is 0.947. The van der Waals surface area contributed by atoms with E-state index in [1.165, 1.54) is 6.20 Å². The van der Waals surface area contributed by atoms with Crippen molar-refractivity contribution < 1.29 is 9.90 Å². The van der Waals surface area contributed by atoms with Gasteiger partial charge in [-0.2, -0.15) is 0 Å². The second kappa shape index (κ2) is 9.41. The van der Waals surface area contributed by atoms with Gasteiger partial charge in [-0.3, -0.25) is 9.78 Å². The molecule has 8 heteroatoms. The summed E-state index contributed by atoms with van der Waals surface area (Å²) in [5.41, 5.74) is 3.40. The molecule has 3 aromatic rings. The van der Waals surface area contributed by atoms with Gasteiger partial charge in [-0.1, -0.05) is 19.9 Å². The lowest BCUT2D eigenvalue weighted by Gasteiger charge is -2.16. The molecule has 0 bridgehead atoms. The molecule has 0 aliphatic carbocycles. The van der Waals surface area contributed by atoms with E-state index in [4.69, 9.17) is 4.98 Å². The van der Waals surface area contributed by atoms with E-state index in [2.05, 4.69) is 39.4 Å². The maximum Gasteiger partial charge on any atom is 0.255 e. The van der Waals surface area contributed by atoms with Gasteiger partial charge in [0.05, 0.1) is 17.4 Å². The fraction of sp³-hybridized carbons (Fsp3) is 0.318. The maximum atomic E-state index is 12.6. The zero-order valence-electron chi connectivity index (χ0n) is 17.5. The first kappa shape index (κ1) is 21.3. The molecule has 0 aromatic carbocycles. The molecule has 0 fully saturated rings. The Bertz CT molecular complexity index is 1040. The molecule has 3 N–H and O–H groups in total. The van der Waals surface area contributed by atoms with Gasteiger partial charge in [-0.25, -0.2) is 15.0 Å². The van der Waals surface area contributed by atoms with Crippen LogP contribution in [0.2, 0.25) is 0 Å². The minimum Gasteiger partial charge on any atom is -0.392 e. The van der Waals surface area contributed by atoms with Gasteiger partial charge in [-0.05, 0) is 38.0 Å². The van der Waals surface area contributed by atoms with Crippen molar-refractivity contribution in [1.29, 1.82) is 0 Å². The molecular weight excluding hydrogens is 380 g/mol. The zero-order valence-corrected chi connectivity index (χ0v) is 17.5. The summed E-state index contributed by atoms with van der Waals surface area (Å²) in [4.78, 5) is 30.3. The topological polar surface area (TPSA) is 113 Å². The first-order valence-corrected chi connectivity index (χ1v) is 9.83. The van der Waals surface area contributed by atoms with Crippen LogP contribution in [0.1, 0.15) is 48.3 Å². The van der Waals surface area contributed by atoms with Gasteiger partial charge in [-0.15, -0.1) is 0 Å². The van der Waals surface area contributed by atoms with E-state index in [1.54, 1.807) is 25.4 Å². The van der Waals surface area contributed by atoms with Crippen molar-refractivity contribution in [3.8, 4) is 11.5 Å². The molecule has 0 saturated heterocycles. The Morgan fingerprint density at radius 1 is 1.13 bits per heavy atom. The van der Waals surface area contributed by atoms with Crippen LogP contribution in [-0.2, 0) is 0 Å². The molecule has 0 radical (unpaired) electrons. The van der Waals surface area contributed by atoms with Crippen molar-refractivity contribution >= 4 is 17.4 Å². The molecule has 0 unspecified atom stereocenters. The molecular formula is C22H26N6O2. The normalized spacial score (nSPS) is 11.9. The smallest absolute Gasteiger partial charge is 0.255 e. The SMILES string of the molecule is Cc1cccc(-c2ncc(C(C)C)c(Nc3ccncc3C(=O)NC[C@H](C)O)n2)n1. The molecule has 8 nitrogen and oxygen atoms in total. The second-order valence-corrected chi connectivity index (χ2v) is 7.42. The minimum atomic E-state index is -0.638. The van der Waals surface area contributed by atoms with Crippen LogP contribution in [0.4, 0.5) is 11.5 Å². The number of aromatic nitrogens is 4. The van der Waals surface area contributed by atoms with Gasteiger partial charge in [0.15, 0.2) is 5.82 Å². The first-order valence-electron chi connectivity index (χ1n) is 9.83. The first-order chi connectivity index (χ1) is 14.3. The number of pyridine rings is 2. The molecule has 3 heterocycles. The number of aliphatic hydroxyl groups is 1. The number of hydrogen-bond donors (Lipinski definition) is 3. The van der Waals surface area contributed by atoms with Crippen LogP contribution in [0.25, 0.3) is 11.5 Å². The Balaban J connectivity index is 1.98. The van der Waals surface area contributed by atoms with Gasteiger partial charge in [0.1, 0.15) is 11.5 Å². The molecule has 3 rings (SSSR count). The number of aryl methyl sites for hydroxylation is 1. The van der Waals surface area contributed by atoms with Gasteiger partial charge in [0.25, 0.3) is 5.91 Å². The highest BCUT2D eigenvalue weighted by Gasteiger charge is 2.17. The second-order valence-electron chi connectivity index (χ2n) is 7.42. The van der Waals surface area contributed by atoms with Gasteiger partial charge < -0.3 is 15.7 Å². The molecule has 156 valence electrons. The Kier molecular flexibility index (Phi) is 6.68. The van der Waals surface area contributed by atoms with Gasteiger partial charge in [0.2, 0.25) is 0 Å². The Morgan fingerprint density at radius 2 is 1.93 bits per heavy atom. The summed E-state index contributed by atoms with van der Waals surface area (Å²) in [7, 11) is 0. The average molecular weight is 406 g/mol. The van der Waals surface area contributed by atoms with E-state index in [1.807, 2.05) is 25.1 Å². The summed E-state index contributed by atoms with van der Waals surface area (Å²) in [6.45, 7) is 7.79. The fourth-order valence-corrected chi connectivity index (χ4v) is 2.85. The molecule has 1 atom stereocenters. The summed E-state index contributed by atoms with van der Waals surface area (Å²) < 4.78 is 0. The molecule has 0 aliphatic rings. The number of carbonyl (C=O) groups is 1. The van der Waals surface area contributed by atoms with Crippen molar-refractivity contribution in [2.24, 2.45) is 0 Å². The molecule has 0 aliphatic heterocycles. The highest BCUT2D eigenvalue weighted by Crippen LogP contribution is 2.28. The van der Waals surface area contributed by atoms with Crippen molar-refractivity contribution in [3.63, 3.8) is 0 Å². The lowest BCUT2D eigenvalue weighted by atomic mass is 10.1. The van der Waals surface area contributed by atoms with Crippen LogP contribution in [-0.4, -0.2) is 43.6 Å².